The summed E-state index contributed by atoms with van der Waals surface area (Å²) in [5.41, 5.74) is 0.918. The smallest absolute Gasteiger partial charge is 0.237 e. The van der Waals surface area contributed by atoms with Gasteiger partial charge in [0, 0.05) is 5.56 Å². The van der Waals surface area contributed by atoms with Crippen LogP contribution in [-0.2, 0) is 4.79 Å². The number of piperidine rings is 1. The minimum atomic E-state index is -0.133. The fourth-order valence-electron chi connectivity index (χ4n) is 2.65. The molecule has 0 aliphatic carbocycles. The summed E-state index contributed by atoms with van der Waals surface area (Å²) in [4.78, 5) is 12.3. The first-order valence-corrected chi connectivity index (χ1v) is 7.41. The number of rotatable bonds is 5. The van der Waals surface area contributed by atoms with Crippen molar-refractivity contribution in [3.05, 3.63) is 23.8 Å². The summed E-state index contributed by atoms with van der Waals surface area (Å²) in [7, 11) is 3.25. The minimum Gasteiger partial charge on any atom is -0.497 e. The topological polar surface area (TPSA) is 59.6 Å². The minimum absolute atomic E-state index is 0.0482. The van der Waals surface area contributed by atoms with Crippen LogP contribution in [-0.4, -0.2) is 32.7 Å². The third-order valence-electron chi connectivity index (χ3n) is 3.89. The number of carbonyl (C=O) groups is 1. The standard InChI is InChI=1S/C16H24N2O3/c1-11(18-16(19)14-6-4-5-9-17-14)13-10-12(20-2)7-8-15(13)21-3/h7-8,10-11,14,17H,4-6,9H2,1-3H3,(H,18,19)/t11?,14-/m0/s1. The Morgan fingerprint density at radius 2 is 2.14 bits per heavy atom. The Morgan fingerprint density at radius 3 is 2.76 bits per heavy atom. The number of hydrogen-bond acceptors (Lipinski definition) is 4. The van der Waals surface area contributed by atoms with E-state index in [0.29, 0.717) is 0 Å². The van der Waals surface area contributed by atoms with E-state index in [1.807, 2.05) is 25.1 Å². The van der Waals surface area contributed by atoms with E-state index in [1.165, 1.54) is 0 Å². The van der Waals surface area contributed by atoms with E-state index in [4.69, 9.17) is 9.47 Å². The van der Waals surface area contributed by atoms with E-state index < -0.39 is 0 Å². The summed E-state index contributed by atoms with van der Waals surface area (Å²) in [5, 5.41) is 6.31. The fourth-order valence-corrected chi connectivity index (χ4v) is 2.65. The fraction of sp³-hybridized carbons (Fsp3) is 0.562. The van der Waals surface area contributed by atoms with Crippen molar-refractivity contribution in [1.82, 2.24) is 10.6 Å². The van der Waals surface area contributed by atoms with Crippen molar-refractivity contribution >= 4 is 5.91 Å². The van der Waals surface area contributed by atoms with Crippen LogP contribution in [0, 0.1) is 0 Å². The Labute approximate surface area is 126 Å². The van der Waals surface area contributed by atoms with E-state index in [1.54, 1.807) is 14.2 Å². The highest BCUT2D eigenvalue weighted by atomic mass is 16.5. The highest BCUT2D eigenvalue weighted by molar-refractivity contribution is 5.82. The van der Waals surface area contributed by atoms with Crippen LogP contribution in [0.15, 0.2) is 18.2 Å². The van der Waals surface area contributed by atoms with Crippen molar-refractivity contribution in [2.45, 2.75) is 38.3 Å². The number of amides is 1. The lowest BCUT2D eigenvalue weighted by atomic mass is 10.0. The van der Waals surface area contributed by atoms with Crippen molar-refractivity contribution < 1.29 is 14.3 Å². The molecule has 1 aromatic rings. The average Bonchev–Trinajstić information content (AvgIpc) is 2.54. The Morgan fingerprint density at radius 1 is 1.33 bits per heavy atom. The molecule has 1 fully saturated rings. The first-order valence-electron chi connectivity index (χ1n) is 7.41. The summed E-state index contributed by atoms with van der Waals surface area (Å²) >= 11 is 0. The number of methoxy groups -OCH3 is 2. The van der Waals surface area contributed by atoms with Crippen LogP contribution >= 0.6 is 0 Å². The normalized spacial score (nSPS) is 19.7. The maximum Gasteiger partial charge on any atom is 0.237 e. The van der Waals surface area contributed by atoms with Crippen LogP contribution < -0.4 is 20.1 Å². The van der Waals surface area contributed by atoms with Crippen molar-refractivity contribution in [2.75, 3.05) is 20.8 Å². The quantitative estimate of drug-likeness (QED) is 0.872. The van der Waals surface area contributed by atoms with Crippen LogP contribution in [0.1, 0.15) is 37.8 Å². The molecule has 1 unspecified atom stereocenters. The first kappa shape index (κ1) is 15.6. The predicted octanol–water partition coefficient (Wildman–Crippen LogP) is 2.02. The highest BCUT2D eigenvalue weighted by Gasteiger charge is 2.23. The summed E-state index contributed by atoms with van der Waals surface area (Å²) in [6.07, 6.45) is 3.14. The molecule has 0 aromatic heterocycles. The maximum absolute atomic E-state index is 12.3. The molecule has 21 heavy (non-hydrogen) atoms. The second-order valence-electron chi connectivity index (χ2n) is 5.34. The van der Waals surface area contributed by atoms with Crippen LogP contribution in [0.5, 0.6) is 11.5 Å². The number of benzene rings is 1. The lowest BCUT2D eigenvalue weighted by Crippen LogP contribution is -2.47. The van der Waals surface area contributed by atoms with Gasteiger partial charge in [-0.1, -0.05) is 6.42 Å². The third-order valence-corrected chi connectivity index (χ3v) is 3.89. The second kappa shape index (κ2) is 7.31. The SMILES string of the molecule is COc1ccc(OC)c(C(C)NC(=O)[C@@H]2CCCCN2)c1. The Balaban J connectivity index is 2.08. The monoisotopic (exact) mass is 292 g/mol. The number of ether oxygens (including phenoxy) is 2. The molecule has 1 heterocycles. The number of hydrogen-bond donors (Lipinski definition) is 2. The van der Waals surface area contributed by atoms with Crippen molar-refractivity contribution in [3.63, 3.8) is 0 Å². The zero-order chi connectivity index (χ0) is 15.2. The molecule has 1 saturated heterocycles. The van der Waals surface area contributed by atoms with Gasteiger partial charge in [0.25, 0.3) is 0 Å². The zero-order valence-electron chi connectivity index (χ0n) is 12.9. The van der Waals surface area contributed by atoms with Gasteiger partial charge >= 0.3 is 0 Å². The third kappa shape index (κ3) is 3.88. The number of nitrogens with one attached hydrogen (secondary N) is 2. The molecule has 0 bridgehead atoms. The van der Waals surface area contributed by atoms with Gasteiger partial charge < -0.3 is 20.1 Å². The highest BCUT2D eigenvalue weighted by Crippen LogP contribution is 2.29. The van der Waals surface area contributed by atoms with E-state index >= 15 is 0 Å². The van der Waals surface area contributed by atoms with E-state index in [-0.39, 0.29) is 18.0 Å². The summed E-state index contributed by atoms with van der Waals surface area (Å²) in [6, 6.07) is 5.39. The predicted molar refractivity (Wildman–Crippen MR) is 81.7 cm³/mol. The molecule has 5 heteroatoms. The van der Waals surface area contributed by atoms with Crippen LogP contribution in [0.25, 0.3) is 0 Å². The molecule has 2 N–H and O–H groups in total. The van der Waals surface area contributed by atoms with Crippen LogP contribution in [0.4, 0.5) is 0 Å². The van der Waals surface area contributed by atoms with Crippen molar-refractivity contribution in [1.29, 1.82) is 0 Å². The summed E-state index contributed by atoms with van der Waals surface area (Å²) in [5.74, 6) is 1.55. The largest absolute Gasteiger partial charge is 0.497 e. The Bertz CT molecular complexity index is 484. The molecule has 0 saturated carbocycles. The molecule has 0 spiro atoms. The molecular weight excluding hydrogens is 268 g/mol. The average molecular weight is 292 g/mol. The first-order chi connectivity index (χ1) is 10.2. The van der Waals surface area contributed by atoms with E-state index in [9.17, 15) is 4.79 Å². The van der Waals surface area contributed by atoms with Crippen LogP contribution in [0.2, 0.25) is 0 Å². The van der Waals surface area contributed by atoms with Gasteiger partial charge in [-0.05, 0) is 44.5 Å². The van der Waals surface area contributed by atoms with Gasteiger partial charge in [0.15, 0.2) is 0 Å². The van der Waals surface area contributed by atoms with Gasteiger partial charge in [0.1, 0.15) is 11.5 Å². The van der Waals surface area contributed by atoms with Gasteiger partial charge in [0.05, 0.1) is 26.3 Å². The van der Waals surface area contributed by atoms with Gasteiger partial charge in [-0.15, -0.1) is 0 Å². The molecule has 1 aliphatic rings. The molecular formula is C16H24N2O3. The van der Waals surface area contributed by atoms with Gasteiger partial charge in [-0.25, -0.2) is 0 Å². The lowest BCUT2D eigenvalue weighted by molar-refractivity contribution is -0.124. The Hall–Kier alpha value is -1.75. The van der Waals surface area contributed by atoms with Gasteiger partial charge in [-0.2, -0.15) is 0 Å². The molecule has 2 atom stereocenters. The second-order valence-corrected chi connectivity index (χ2v) is 5.34. The van der Waals surface area contributed by atoms with E-state index in [2.05, 4.69) is 10.6 Å². The van der Waals surface area contributed by atoms with Gasteiger partial charge in [0.2, 0.25) is 5.91 Å². The zero-order valence-corrected chi connectivity index (χ0v) is 12.9. The summed E-state index contributed by atoms with van der Waals surface area (Å²) in [6.45, 7) is 2.87. The Kier molecular flexibility index (Phi) is 5.44. The van der Waals surface area contributed by atoms with Crippen LogP contribution in [0.3, 0.4) is 0 Å². The maximum atomic E-state index is 12.3. The lowest BCUT2D eigenvalue weighted by Gasteiger charge is -2.25. The molecule has 1 amide bonds. The molecule has 116 valence electrons. The van der Waals surface area contributed by atoms with Gasteiger partial charge in [-0.3, -0.25) is 4.79 Å². The number of carbonyl (C=O) groups excluding carboxylic acids is 1. The molecule has 0 radical (unpaired) electrons. The molecule has 5 nitrogen and oxygen atoms in total. The van der Waals surface area contributed by atoms with E-state index in [0.717, 1.165) is 42.9 Å². The molecule has 2 rings (SSSR count). The summed E-state index contributed by atoms with van der Waals surface area (Å²) < 4.78 is 10.6. The molecule has 1 aliphatic heterocycles. The van der Waals surface area contributed by atoms with Crippen molar-refractivity contribution in [2.24, 2.45) is 0 Å². The molecule has 1 aromatic carbocycles. The van der Waals surface area contributed by atoms with Crippen molar-refractivity contribution in [3.8, 4) is 11.5 Å².